The summed E-state index contributed by atoms with van der Waals surface area (Å²) >= 11 is 0. The molecule has 3 amide bonds. The van der Waals surface area contributed by atoms with E-state index in [4.69, 9.17) is 0 Å². The molecule has 0 atom stereocenters. The molecule has 0 radical (unpaired) electrons. The fourth-order valence-corrected chi connectivity index (χ4v) is 2.59. The molecule has 3 N–H and O–H groups in total. The van der Waals surface area contributed by atoms with Crippen molar-refractivity contribution in [2.45, 2.75) is 44.6 Å². The monoisotopic (exact) mass is 239 g/mol. The summed E-state index contributed by atoms with van der Waals surface area (Å²) < 4.78 is 0. The third-order valence-corrected chi connectivity index (χ3v) is 3.64. The van der Waals surface area contributed by atoms with Crippen LogP contribution in [0.15, 0.2) is 0 Å². The number of carbonyl (C=O) groups is 2. The molecule has 0 bridgehead atoms. The van der Waals surface area contributed by atoms with Crippen molar-refractivity contribution in [2.75, 3.05) is 13.1 Å². The molecular weight excluding hydrogens is 218 g/mol. The lowest BCUT2D eigenvalue weighted by atomic mass is 9.97. The first kappa shape index (κ1) is 12.4. The Kier molecular flexibility index (Phi) is 4.36. The third-order valence-electron chi connectivity index (χ3n) is 3.64. The summed E-state index contributed by atoms with van der Waals surface area (Å²) in [5.41, 5.74) is 0. The van der Waals surface area contributed by atoms with Crippen LogP contribution >= 0.6 is 0 Å². The molecule has 1 aliphatic heterocycles. The van der Waals surface area contributed by atoms with Crippen LogP contribution in [0.2, 0.25) is 0 Å². The van der Waals surface area contributed by atoms with Crippen LogP contribution in [0.25, 0.3) is 0 Å². The van der Waals surface area contributed by atoms with Gasteiger partial charge in [-0.25, -0.2) is 4.79 Å². The maximum Gasteiger partial charge on any atom is 0.321 e. The van der Waals surface area contributed by atoms with Crippen molar-refractivity contribution in [1.29, 1.82) is 0 Å². The zero-order valence-corrected chi connectivity index (χ0v) is 10.1. The van der Waals surface area contributed by atoms with Crippen LogP contribution in [0, 0.1) is 5.92 Å². The van der Waals surface area contributed by atoms with Crippen molar-refractivity contribution < 1.29 is 9.59 Å². The molecular formula is C12H21N3O2. The second-order valence-electron chi connectivity index (χ2n) is 4.97. The second kappa shape index (κ2) is 6.00. The van der Waals surface area contributed by atoms with Crippen molar-refractivity contribution in [3.05, 3.63) is 0 Å². The summed E-state index contributed by atoms with van der Waals surface area (Å²) in [5.74, 6) is -0.132. The first-order valence-electron chi connectivity index (χ1n) is 6.58. The Morgan fingerprint density at radius 2 is 1.65 bits per heavy atom. The lowest BCUT2D eigenvalue weighted by Crippen LogP contribution is -2.47. The summed E-state index contributed by atoms with van der Waals surface area (Å²) in [5, 5.41) is 8.52. The quantitative estimate of drug-likeness (QED) is 0.666. The van der Waals surface area contributed by atoms with E-state index in [9.17, 15) is 9.59 Å². The van der Waals surface area contributed by atoms with Gasteiger partial charge >= 0.3 is 6.03 Å². The number of hydrogen-bond acceptors (Lipinski definition) is 3. The second-order valence-corrected chi connectivity index (χ2v) is 4.97. The number of carbonyl (C=O) groups excluding carboxylic acids is 2. The minimum Gasteiger partial charge on any atom is -0.335 e. The maximum atomic E-state index is 11.8. The molecule has 2 rings (SSSR count). The van der Waals surface area contributed by atoms with E-state index in [-0.39, 0.29) is 23.9 Å². The normalized spacial score (nSPS) is 22.4. The van der Waals surface area contributed by atoms with Gasteiger partial charge in [-0.1, -0.05) is 12.8 Å². The number of nitrogens with one attached hydrogen (secondary N) is 3. The highest BCUT2D eigenvalue weighted by Gasteiger charge is 2.24. The summed E-state index contributed by atoms with van der Waals surface area (Å²) in [7, 11) is 0. The molecule has 2 aliphatic rings. The van der Waals surface area contributed by atoms with Gasteiger partial charge in [-0.05, 0) is 38.8 Å². The molecule has 1 saturated carbocycles. The average molecular weight is 239 g/mol. The minimum atomic E-state index is -0.319. The van der Waals surface area contributed by atoms with E-state index in [1.807, 2.05) is 0 Å². The number of rotatable bonds is 2. The van der Waals surface area contributed by atoms with E-state index in [0.29, 0.717) is 0 Å². The van der Waals surface area contributed by atoms with Gasteiger partial charge in [0.2, 0.25) is 5.91 Å². The van der Waals surface area contributed by atoms with E-state index in [1.54, 1.807) is 0 Å². The Morgan fingerprint density at radius 1 is 1.00 bits per heavy atom. The molecule has 0 aromatic rings. The Bertz CT molecular complexity index is 281. The number of hydrogen-bond donors (Lipinski definition) is 3. The van der Waals surface area contributed by atoms with Crippen molar-refractivity contribution in [3.63, 3.8) is 0 Å². The van der Waals surface area contributed by atoms with Crippen LogP contribution in [0.4, 0.5) is 4.79 Å². The molecule has 17 heavy (non-hydrogen) atoms. The van der Waals surface area contributed by atoms with E-state index in [0.717, 1.165) is 38.8 Å². The minimum absolute atomic E-state index is 0.00872. The van der Waals surface area contributed by atoms with E-state index >= 15 is 0 Å². The highest BCUT2D eigenvalue weighted by atomic mass is 16.2. The molecule has 0 spiro atoms. The summed E-state index contributed by atoms with van der Waals surface area (Å²) in [6.07, 6.45) is 6.06. The third kappa shape index (κ3) is 3.70. The maximum absolute atomic E-state index is 11.8. The SMILES string of the molecule is O=C(NC(=O)C1CCNCC1)NC1CCCC1. The van der Waals surface area contributed by atoms with Crippen LogP contribution in [-0.2, 0) is 4.79 Å². The van der Waals surface area contributed by atoms with Crippen molar-refractivity contribution in [1.82, 2.24) is 16.0 Å². The summed E-state index contributed by atoms with van der Waals surface area (Å²) in [4.78, 5) is 23.4. The Hall–Kier alpha value is -1.10. The predicted molar refractivity (Wildman–Crippen MR) is 64.5 cm³/mol. The van der Waals surface area contributed by atoms with Crippen molar-refractivity contribution >= 4 is 11.9 Å². The molecule has 5 heteroatoms. The van der Waals surface area contributed by atoms with Gasteiger partial charge in [0.25, 0.3) is 0 Å². The highest BCUT2D eigenvalue weighted by molar-refractivity contribution is 5.95. The molecule has 96 valence electrons. The van der Waals surface area contributed by atoms with Gasteiger partial charge in [0, 0.05) is 12.0 Å². The highest BCUT2D eigenvalue weighted by Crippen LogP contribution is 2.17. The number of amides is 3. The first-order chi connectivity index (χ1) is 8.25. The first-order valence-corrected chi connectivity index (χ1v) is 6.58. The van der Waals surface area contributed by atoms with Crippen LogP contribution in [0.5, 0.6) is 0 Å². The van der Waals surface area contributed by atoms with Gasteiger partial charge in [0.05, 0.1) is 0 Å². The van der Waals surface area contributed by atoms with Crippen LogP contribution in [0.3, 0.4) is 0 Å². The molecule has 0 unspecified atom stereocenters. The molecule has 0 aromatic heterocycles. The van der Waals surface area contributed by atoms with Crippen LogP contribution < -0.4 is 16.0 Å². The molecule has 2 fully saturated rings. The Morgan fingerprint density at radius 3 is 2.29 bits per heavy atom. The van der Waals surface area contributed by atoms with Crippen molar-refractivity contribution in [2.24, 2.45) is 5.92 Å². The largest absolute Gasteiger partial charge is 0.335 e. The number of urea groups is 1. The molecule has 5 nitrogen and oxygen atoms in total. The zero-order chi connectivity index (χ0) is 12.1. The van der Waals surface area contributed by atoms with Crippen LogP contribution in [0.1, 0.15) is 38.5 Å². The lowest BCUT2D eigenvalue weighted by Gasteiger charge is -2.21. The number of piperidine rings is 1. The average Bonchev–Trinajstić information content (AvgIpc) is 2.82. The lowest BCUT2D eigenvalue weighted by molar-refractivity contribution is -0.124. The van der Waals surface area contributed by atoms with Gasteiger partial charge < -0.3 is 10.6 Å². The van der Waals surface area contributed by atoms with Gasteiger partial charge in [-0.2, -0.15) is 0 Å². The fraction of sp³-hybridized carbons (Fsp3) is 0.833. The van der Waals surface area contributed by atoms with Gasteiger partial charge in [-0.3, -0.25) is 10.1 Å². The Labute approximate surface area is 102 Å². The summed E-state index contributed by atoms with van der Waals surface area (Å²) in [6, 6.07) is -0.0590. The molecule has 0 aromatic carbocycles. The van der Waals surface area contributed by atoms with Crippen molar-refractivity contribution in [3.8, 4) is 0 Å². The number of imide groups is 1. The molecule has 1 saturated heterocycles. The van der Waals surface area contributed by atoms with E-state index in [1.165, 1.54) is 12.8 Å². The fourth-order valence-electron chi connectivity index (χ4n) is 2.59. The van der Waals surface area contributed by atoms with Gasteiger partial charge in [-0.15, -0.1) is 0 Å². The topological polar surface area (TPSA) is 70.2 Å². The molecule has 1 aliphatic carbocycles. The van der Waals surface area contributed by atoms with Crippen LogP contribution in [-0.4, -0.2) is 31.1 Å². The van der Waals surface area contributed by atoms with Gasteiger partial charge in [0.1, 0.15) is 0 Å². The smallest absolute Gasteiger partial charge is 0.321 e. The molecule has 1 heterocycles. The van der Waals surface area contributed by atoms with E-state index in [2.05, 4.69) is 16.0 Å². The standard InChI is InChI=1S/C12H21N3O2/c16-11(9-5-7-13-8-6-9)15-12(17)14-10-3-1-2-4-10/h9-10,13H,1-8H2,(H2,14,15,16,17). The van der Waals surface area contributed by atoms with E-state index < -0.39 is 0 Å². The van der Waals surface area contributed by atoms with Gasteiger partial charge in [0.15, 0.2) is 0 Å². The Balaban J connectivity index is 1.71. The summed E-state index contributed by atoms with van der Waals surface area (Å²) in [6.45, 7) is 1.73. The zero-order valence-electron chi connectivity index (χ0n) is 10.1. The predicted octanol–water partition coefficient (Wildman–Crippen LogP) is 0.754.